The van der Waals surface area contributed by atoms with E-state index in [-0.39, 0.29) is 13.2 Å². The van der Waals surface area contributed by atoms with Crippen molar-refractivity contribution in [2.24, 2.45) is 0 Å². The lowest BCUT2D eigenvalue weighted by Crippen LogP contribution is -2.69. The number of alkyl halides is 8. The van der Waals surface area contributed by atoms with E-state index in [1.165, 1.54) is 13.8 Å². The normalized spacial score (nSPS) is 29.4. The van der Waals surface area contributed by atoms with Crippen LogP contribution in [0, 0.1) is 0 Å². The fraction of sp³-hybridized carbons (Fsp3) is 0.846. The van der Waals surface area contributed by atoms with Crippen LogP contribution in [0.25, 0.3) is 0 Å². The molecular formula is C13H16F8O4. The van der Waals surface area contributed by atoms with E-state index in [9.17, 15) is 35.1 Å². The minimum absolute atomic E-state index is 0.200. The van der Waals surface area contributed by atoms with Crippen LogP contribution in [-0.2, 0) is 18.9 Å². The van der Waals surface area contributed by atoms with Gasteiger partial charge in [0.2, 0.25) is 0 Å². The first-order valence-electron chi connectivity index (χ1n) is 6.98. The summed E-state index contributed by atoms with van der Waals surface area (Å²) >= 11 is 0. The molecule has 0 heterocycles. The Labute approximate surface area is 137 Å². The SMILES string of the molecule is CCOCOC1(C(F)(F)F)C=CC(OCOCC)(C(F)(F)F)C1(F)F. The molecule has 0 saturated carbocycles. The van der Waals surface area contributed by atoms with Crippen LogP contribution in [0.4, 0.5) is 35.1 Å². The molecule has 0 saturated heterocycles. The molecule has 12 heteroatoms. The molecule has 0 spiro atoms. The molecular weight excluding hydrogens is 372 g/mol. The average molecular weight is 388 g/mol. The molecule has 0 N–H and O–H groups in total. The molecule has 0 radical (unpaired) electrons. The maximum atomic E-state index is 14.6. The standard InChI is InChI=1S/C13H16F8O4/c1-3-22-7-24-9(12(16,17)18)5-6-10(11(9,14)15,13(19,20)21)25-8-23-4-2/h5-6H,3-4,7-8H2,1-2H3. The number of rotatable bonds is 8. The van der Waals surface area contributed by atoms with Crippen molar-refractivity contribution in [3.63, 3.8) is 0 Å². The van der Waals surface area contributed by atoms with Crippen molar-refractivity contribution in [2.75, 3.05) is 26.8 Å². The molecule has 2 unspecified atom stereocenters. The second kappa shape index (κ2) is 7.33. The number of ether oxygens (including phenoxy) is 4. The number of hydrogen-bond donors (Lipinski definition) is 0. The fourth-order valence-electron chi connectivity index (χ4n) is 2.14. The molecule has 1 aliphatic carbocycles. The monoisotopic (exact) mass is 388 g/mol. The highest BCUT2D eigenvalue weighted by atomic mass is 19.4. The summed E-state index contributed by atoms with van der Waals surface area (Å²) in [7, 11) is 0. The van der Waals surface area contributed by atoms with E-state index in [1.54, 1.807) is 0 Å². The van der Waals surface area contributed by atoms with Crippen LogP contribution >= 0.6 is 0 Å². The Bertz CT molecular complexity index is 436. The molecule has 25 heavy (non-hydrogen) atoms. The Morgan fingerprint density at radius 1 is 0.720 bits per heavy atom. The Balaban J connectivity index is 3.38. The van der Waals surface area contributed by atoms with Crippen molar-refractivity contribution in [3.8, 4) is 0 Å². The van der Waals surface area contributed by atoms with Gasteiger partial charge < -0.3 is 18.9 Å². The Morgan fingerprint density at radius 2 is 1.04 bits per heavy atom. The van der Waals surface area contributed by atoms with Gasteiger partial charge in [-0.2, -0.15) is 35.1 Å². The summed E-state index contributed by atoms with van der Waals surface area (Å²) in [6.07, 6.45) is -12.6. The van der Waals surface area contributed by atoms with Gasteiger partial charge in [-0.3, -0.25) is 0 Å². The highest BCUT2D eigenvalue weighted by molar-refractivity contribution is 5.35. The van der Waals surface area contributed by atoms with E-state index < -0.39 is 55.2 Å². The summed E-state index contributed by atoms with van der Waals surface area (Å²) in [6, 6.07) is 0. The van der Waals surface area contributed by atoms with Gasteiger partial charge >= 0.3 is 18.3 Å². The van der Waals surface area contributed by atoms with Crippen LogP contribution in [0.2, 0.25) is 0 Å². The molecule has 4 nitrogen and oxygen atoms in total. The summed E-state index contributed by atoms with van der Waals surface area (Å²) in [5.41, 5.74) is -9.15. The highest BCUT2D eigenvalue weighted by Crippen LogP contribution is 2.60. The first-order chi connectivity index (χ1) is 11.3. The molecule has 0 aromatic rings. The van der Waals surface area contributed by atoms with Crippen molar-refractivity contribution >= 4 is 0 Å². The Hall–Kier alpha value is -0.980. The number of hydrogen-bond acceptors (Lipinski definition) is 4. The number of halogens is 8. The van der Waals surface area contributed by atoms with E-state index in [4.69, 9.17) is 0 Å². The lowest BCUT2D eigenvalue weighted by molar-refractivity contribution is -0.404. The van der Waals surface area contributed by atoms with E-state index in [1.807, 2.05) is 0 Å². The Kier molecular flexibility index (Phi) is 6.47. The largest absolute Gasteiger partial charge is 0.427 e. The molecule has 0 aromatic heterocycles. The van der Waals surface area contributed by atoms with Crippen molar-refractivity contribution in [1.29, 1.82) is 0 Å². The smallest absolute Gasteiger partial charge is 0.356 e. The van der Waals surface area contributed by atoms with Crippen molar-refractivity contribution in [1.82, 2.24) is 0 Å². The highest BCUT2D eigenvalue weighted by Gasteiger charge is 2.86. The maximum Gasteiger partial charge on any atom is 0.427 e. The predicted molar refractivity (Wildman–Crippen MR) is 66.8 cm³/mol. The summed E-state index contributed by atoms with van der Waals surface area (Å²) in [5, 5.41) is 0. The first-order valence-corrected chi connectivity index (χ1v) is 6.98. The Morgan fingerprint density at radius 3 is 1.28 bits per heavy atom. The van der Waals surface area contributed by atoms with Gasteiger partial charge in [-0.1, -0.05) is 0 Å². The molecule has 0 aliphatic heterocycles. The lowest BCUT2D eigenvalue weighted by Gasteiger charge is -2.43. The molecule has 0 amide bonds. The second-order valence-corrected chi connectivity index (χ2v) is 4.88. The quantitative estimate of drug-likeness (QED) is 0.274. The van der Waals surface area contributed by atoms with Crippen LogP contribution in [0.1, 0.15) is 13.8 Å². The fourth-order valence-corrected chi connectivity index (χ4v) is 2.14. The molecule has 148 valence electrons. The van der Waals surface area contributed by atoms with Crippen molar-refractivity contribution < 1.29 is 54.1 Å². The van der Waals surface area contributed by atoms with Gasteiger partial charge in [0, 0.05) is 13.2 Å². The third-order valence-electron chi connectivity index (χ3n) is 3.48. The van der Waals surface area contributed by atoms with Crippen LogP contribution in [0.3, 0.4) is 0 Å². The summed E-state index contributed by atoms with van der Waals surface area (Å²) < 4.78 is 126. The molecule has 0 fully saturated rings. The van der Waals surface area contributed by atoms with Gasteiger partial charge in [-0.15, -0.1) is 0 Å². The molecule has 0 bridgehead atoms. The molecule has 2 atom stereocenters. The van der Waals surface area contributed by atoms with E-state index in [0.29, 0.717) is 0 Å². The topological polar surface area (TPSA) is 36.9 Å². The lowest BCUT2D eigenvalue weighted by atomic mass is 9.88. The minimum atomic E-state index is -5.88. The molecule has 1 rings (SSSR count). The maximum absolute atomic E-state index is 14.6. The second-order valence-electron chi connectivity index (χ2n) is 4.88. The van der Waals surface area contributed by atoms with Gasteiger partial charge in [0.1, 0.15) is 13.6 Å². The molecule has 0 aromatic carbocycles. The van der Waals surface area contributed by atoms with Gasteiger partial charge in [0.05, 0.1) is 0 Å². The van der Waals surface area contributed by atoms with Gasteiger partial charge in [-0.25, -0.2) is 0 Å². The first kappa shape index (κ1) is 22.1. The van der Waals surface area contributed by atoms with Crippen molar-refractivity contribution in [3.05, 3.63) is 12.2 Å². The minimum Gasteiger partial charge on any atom is -0.356 e. The molecule has 1 aliphatic rings. The predicted octanol–water partition coefficient (Wildman–Crippen LogP) is 3.81. The summed E-state index contributed by atoms with van der Waals surface area (Å²) in [6.45, 7) is -0.331. The zero-order valence-electron chi connectivity index (χ0n) is 13.1. The van der Waals surface area contributed by atoms with Crippen LogP contribution in [0.5, 0.6) is 0 Å². The third-order valence-corrected chi connectivity index (χ3v) is 3.48. The van der Waals surface area contributed by atoms with Crippen LogP contribution in [-0.4, -0.2) is 56.3 Å². The van der Waals surface area contributed by atoms with E-state index in [2.05, 4.69) is 18.9 Å². The van der Waals surface area contributed by atoms with Crippen LogP contribution in [0.15, 0.2) is 12.2 Å². The van der Waals surface area contributed by atoms with E-state index in [0.717, 1.165) is 0 Å². The average Bonchev–Trinajstić information content (AvgIpc) is 2.69. The van der Waals surface area contributed by atoms with Gasteiger partial charge in [0.15, 0.2) is 0 Å². The van der Waals surface area contributed by atoms with E-state index >= 15 is 0 Å². The zero-order valence-corrected chi connectivity index (χ0v) is 13.1. The summed E-state index contributed by atoms with van der Waals surface area (Å²) in [5.74, 6) is -5.58. The van der Waals surface area contributed by atoms with Crippen LogP contribution < -0.4 is 0 Å². The summed E-state index contributed by atoms with van der Waals surface area (Å²) in [4.78, 5) is 0. The van der Waals surface area contributed by atoms with Crippen molar-refractivity contribution in [2.45, 2.75) is 43.3 Å². The zero-order chi connectivity index (χ0) is 19.6. The van der Waals surface area contributed by atoms with Gasteiger partial charge in [0.25, 0.3) is 11.2 Å². The third kappa shape index (κ3) is 3.49. The van der Waals surface area contributed by atoms with Gasteiger partial charge in [-0.05, 0) is 26.0 Å².